The molecule has 2 atom stereocenters. The Bertz CT molecular complexity index is 1160. The second-order valence-corrected chi connectivity index (χ2v) is 9.52. The summed E-state index contributed by atoms with van der Waals surface area (Å²) in [6, 6.07) is 14.7. The van der Waals surface area contributed by atoms with E-state index in [2.05, 4.69) is 15.6 Å². The Morgan fingerprint density at radius 2 is 1.88 bits per heavy atom. The molecule has 2 amide bonds. The normalized spacial score (nSPS) is 16.6. The molecule has 1 saturated heterocycles. The molecule has 1 aliphatic rings. The van der Waals surface area contributed by atoms with Crippen molar-refractivity contribution < 1.29 is 9.59 Å². The van der Waals surface area contributed by atoms with Gasteiger partial charge in [0.1, 0.15) is 12.1 Å². The van der Waals surface area contributed by atoms with Crippen molar-refractivity contribution in [2.45, 2.75) is 52.2 Å². The standard InChI is InChI=1S/C26H30ClN5O2/c1-17(2)24(32-16-18(3)29-30-32)26(34)31-14-6-9-23(31)25(33)28-15-19-10-12-20(13-11-19)21-7-4-5-8-22(21)27/h4-5,7-8,10-13,16-17,23-24H,6,9,14-15H2,1-3H3,(H,28,33). The first-order chi connectivity index (χ1) is 16.3. The molecule has 0 radical (unpaired) electrons. The zero-order chi connectivity index (χ0) is 24.2. The van der Waals surface area contributed by atoms with E-state index in [4.69, 9.17) is 11.6 Å². The van der Waals surface area contributed by atoms with Gasteiger partial charge >= 0.3 is 0 Å². The summed E-state index contributed by atoms with van der Waals surface area (Å²) in [5.41, 5.74) is 3.74. The van der Waals surface area contributed by atoms with Crippen molar-refractivity contribution in [3.8, 4) is 11.1 Å². The van der Waals surface area contributed by atoms with Gasteiger partial charge < -0.3 is 10.2 Å². The molecule has 0 aliphatic carbocycles. The SMILES string of the molecule is Cc1cn(C(C(=O)N2CCCC2C(=O)NCc2ccc(-c3ccccc3Cl)cc2)C(C)C)nn1. The first-order valence-corrected chi connectivity index (χ1v) is 12.0. The second kappa shape index (κ2) is 10.4. The predicted octanol–water partition coefficient (Wildman–Crippen LogP) is 4.41. The number of aryl methyl sites for hydroxylation is 1. The van der Waals surface area contributed by atoms with Crippen LogP contribution in [0, 0.1) is 12.8 Å². The lowest BCUT2D eigenvalue weighted by Gasteiger charge is -2.29. The molecule has 0 spiro atoms. The van der Waals surface area contributed by atoms with Crippen LogP contribution in [0.25, 0.3) is 11.1 Å². The molecule has 0 saturated carbocycles. The van der Waals surface area contributed by atoms with Gasteiger partial charge in [-0.25, -0.2) is 4.68 Å². The zero-order valence-electron chi connectivity index (χ0n) is 19.7. The van der Waals surface area contributed by atoms with E-state index in [1.54, 1.807) is 15.8 Å². The number of carbonyl (C=O) groups excluding carboxylic acids is 2. The number of likely N-dealkylation sites (tertiary alicyclic amines) is 1. The molecule has 2 unspecified atom stereocenters. The predicted molar refractivity (Wildman–Crippen MR) is 132 cm³/mol. The molecule has 8 heteroatoms. The Kier molecular flexibility index (Phi) is 7.32. The molecule has 0 bridgehead atoms. The van der Waals surface area contributed by atoms with Crippen molar-refractivity contribution in [3.05, 3.63) is 71.0 Å². The average molecular weight is 480 g/mol. The highest BCUT2D eigenvalue weighted by Gasteiger charge is 2.39. The van der Waals surface area contributed by atoms with Gasteiger partial charge in [0.25, 0.3) is 0 Å². The van der Waals surface area contributed by atoms with Crippen LogP contribution in [-0.4, -0.2) is 44.3 Å². The number of hydrogen-bond donors (Lipinski definition) is 1. The van der Waals surface area contributed by atoms with Gasteiger partial charge in [-0.3, -0.25) is 9.59 Å². The molecule has 2 aromatic carbocycles. The summed E-state index contributed by atoms with van der Waals surface area (Å²) in [6.45, 7) is 6.78. The van der Waals surface area contributed by atoms with Crippen LogP contribution in [-0.2, 0) is 16.1 Å². The number of rotatable bonds is 7. The summed E-state index contributed by atoms with van der Waals surface area (Å²) < 4.78 is 1.62. The van der Waals surface area contributed by atoms with Gasteiger partial charge in [-0.2, -0.15) is 0 Å². The lowest BCUT2D eigenvalue weighted by molar-refractivity contribution is -0.142. The van der Waals surface area contributed by atoms with Gasteiger partial charge in [-0.05, 0) is 42.9 Å². The minimum absolute atomic E-state index is 0.0227. The molecule has 3 aromatic rings. The number of carbonyl (C=O) groups is 2. The minimum atomic E-state index is -0.480. The zero-order valence-corrected chi connectivity index (χ0v) is 20.5. The largest absolute Gasteiger partial charge is 0.350 e. The van der Waals surface area contributed by atoms with E-state index in [0.717, 1.165) is 28.8 Å². The van der Waals surface area contributed by atoms with E-state index in [1.807, 2.05) is 69.3 Å². The third-order valence-electron chi connectivity index (χ3n) is 6.24. The maximum absolute atomic E-state index is 13.4. The highest BCUT2D eigenvalue weighted by atomic mass is 35.5. The van der Waals surface area contributed by atoms with Crippen LogP contribution in [0.2, 0.25) is 5.02 Å². The molecule has 1 fully saturated rings. The maximum atomic E-state index is 13.4. The smallest absolute Gasteiger partial charge is 0.248 e. The first-order valence-electron chi connectivity index (χ1n) is 11.7. The Morgan fingerprint density at radius 3 is 2.53 bits per heavy atom. The number of aromatic nitrogens is 3. The molecule has 4 rings (SSSR count). The number of nitrogens with zero attached hydrogens (tertiary/aromatic N) is 4. The van der Waals surface area contributed by atoms with Crippen LogP contribution < -0.4 is 5.32 Å². The molecule has 178 valence electrons. The number of nitrogens with one attached hydrogen (secondary N) is 1. The fourth-order valence-corrected chi connectivity index (χ4v) is 4.73. The van der Waals surface area contributed by atoms with Crippen molar-refractivity contribution in [1.29, 1.82) is 0 Å². The highest BCUT2D eigenvalue weighted by Crippen LogP contribution is 2.28. The van der Waals surface area contributed by atoms with E-state index in [-0.39, 0.29) is 17.7 Å². The third kappa shape index (κ3) is 5.14. The van der Waals surface area contributed by atoms with Gasteiger partial charge in [-0.15, -0.1) is 5.10 Å². The Hall–Kier alpha value is -3.19. The van der Waals surface area contributed by atoms with Crippen molar-refractivity contribution >= 4 is 23.4 Å². The number of amides is 2. The van der Waals surface area contributed by atoms with Gasteiger partial charge in [0.2, 0.25) is 11.8 Å². The lowest BCUT2D eigenvalue weighted by Crippen LogP contribution is -2.48. The Labute approximate surface area is 205 Å². The molecular weight excluding hydrogens is 450 g/mol. The molecule has 34 heavy (non-hydrogen) atoms. The summed E-state index contributed by atoms with van der Waals surface area (Å²) in [4.78, 5) is 28.2. The second-order valence-electron chi connectivity index (χ2n) is 9.11. The molecule has 1 aromatic heterocycles. The fourth-order valence-electron chi connectivity index (χ4n) is 4.48. The maximum Gasteiger partial charge on any atom is 0.248 e. The molecule has 2 heterocycles. The van der Waals surface area contributed by atoms with Gasteiger partial charge in [0, 0.05) is 29.9 Å². The molecule has 1 aliphatic heterocycles. The summed E-state index contributed by atoms with van der Waals surface area (Å²) in [5, 5.41) is 11.9. The number of halogens is 1. The van der Waals surface area contributed by atoms with Crippen molar-refractivity contribution in [3.63, 3.8) is 0 Å². The van der Waals surface area contributed by atoms with E-state index in [1.165, 1.54) is 0 Å². The van der Waals surface area contributed by atoms with E-state index in [0.29, 0.717) is 24.5 Å². The minimum Gasteiger partial charge on any atom is -0.350 e. The summed E-state index contributed by atoms with van der Waals surface area (Å²) in [7, 11) is 0. The Balaban J connectivity index is 1.40. The van der Waals surface area contributed by atoms with Gasteiger partial charge in [0.15, 0.2) is 0 Å². The molecule has 7 nitrogen and oxygen atoms in total. The van der Waals surface area contributed by atoms with Crippen LogP contribution in [0.5, 0.6) is 0 Å². The van der Waals surface area contributed by atoms with E-state index in [9.17, 15) is 9.59 Å². The third-order valence-corrected chi connectivity index (χ3v) is 6.57. The fraction of sp³-hybridized carbons (Fsp3) is 0.385. The van der Waals surface area contributed by atoms with Crippen LogP contribution >= 0.6 is 11.6 Å². The molecular formula is C26H30ClN5O2. The van der Waals surface area contributed by atoms with E-state index >= 15 is 0 Å². The monoisotopic (exact) mass is 479 g/mol. The number of hydrogen-bond acceptors (Lipinski definition) is 4. The highest BCUT2D eigenvalue weighted by molar-refractivity contribution is 6.33. The van der Waals surface area contributed by atoms with Crippen LogP contribution in [0.3, 0.4) is 0 Å². The quantitative estimate of drug-likeness (QED) is 0.544. The van der Waals surface area contributed by atoms with Gasteiger partial charge in [-0.1, -0.05) is 73.1 Å². The van der Waals surface area contributed by atoms with Crippen molar-refractivity contribution in [2.24, 2.45) is 5.92 Å². The van der Waals surface area contributed by atoms with E-state index < -0.39 is 12.1 Å². The van der Waals surface area contributed by atoms with Crippen LogP contribution in [0.4, 0.5) is 0 Å². The topological polar surface area (TPSA) is 80.1 Å². The van der Waals surface area contributed by atoms with Crippen LogP contribution in [0.1, 0.15) is 44.0 Å². The first kappa shape index (κ1) is 24.0. The average Bonchev–Trinajstić information content (AvgIpc) is 3.47. The van der Waals surface area contributed by atoms with Crippen molar-refractivity contribution in [2.75, 3.05) is 6.54 Å². The Morgan fingerprint density at radius 1 is 1.15 bits per heavy atom. The van der Waals surface area contributed by atoms with Crippen LogP contribution in [0.15, 0.2) is 54.7 Å². The van der Waals surface area contributed by atoms with Gasteiger partial charge in [0.05, 0.1) is 5.69 Å². The lowest BCUT2D eigenvalue weighted by atomic mass is 10.0. The van der Waals surface area contributed by atoms with Crippen molar-refractivity contribution in [1.82, 2.24) is 25.2 Å². The summed E-state index contributed by atoms with van der Waals surface area (Å²) in [6.07, 6.45) is 3.24. The number of benzene rings is 2. The molecule has 1 N–H and O–H groups in total. The summed E-state index contributed by atoms with van der Waals surface area (Å²) in [5.74, 6) is -0.186. The summed E-state index contributed by atoms with van der Waals surface area (Å²) >= 11 is 6.30.